The molecule has 1 aromatic carbocycles. The van der Waals surface area contributed by atoms with Crippen molar-refractivity contribution in [3.05, 3.63) is 17.7 Å². The van der Waals surface area contributed by atoms with Gasteiger partial charge in [-0.05, 0) is 13.0 Å². The van der Waals surface area contributed by atoms with Crippen LogP contribution in [0.2, 0.25) is 0 Å². The second kappa shape index (κ2) is 9.81. The second-order valence-corrected chi connectivity index (χ2v) is 4.67. The predicted octanol–water partition coefficient (Wildman–Crippen LogP) is 1.79. The normalized spacial score (nSPS) is 12.2. The SMILES string of the molecule is CC=Nc1cc(OC)c(OC(COC)COC)cc1C(N)=NC. The van der Waals surface area contributed by atoms with Gasteiger partial charge in [0.25, 0.3) is 0 Å². The maximum absolute atomic E-state index is 5.96. The van der Waals surface area contributed by atoms with Crippen molar-refractivity contribution in [3.8, 4) is 11.5 Å². The topological polar surface area (TPSA) is 87.7 Å². The number of benzene rings is 1. The first kappa shape index (κ1) is 18.9. The Kier molecular flexibility index (Phi) is 8.07. The van der Waals surface area contributed by atoms with Crippen LogP contribution < -0.4 is 15.2 Å². The molecule has 0 spiro atoms. The molecule has 0 unspecified atom stereocenters. The highest BCUT2D eigenvalue weighted by atomic mass is 16.6. The first-order valence-corrected chi connectivity index (χ1v) is 7.19. The third-order valence-electron chi connectivity index (χ3n) is 3.07. The van der Waals surface area contributed by atoms with E-state index in [1.807, 2.05) is 6.92 Å². The van der Waals surface area contributed by atoms with Crippen molar-refractivity contribution in [1.82, 2.24) is 0 Å². The van der Waals surface area contributed by atoms with E-state index in [1.54, 1.807) is 46.7 Å². The van der Waals surface area contributed by atoms with E-state index in [-0.39, 0.29) is 6.10 Å². The summed E-state index contributed by atoms with van der Waals surface area (Å²) in [4.78, 5) is 8.33. The van der Waals surface area contributed by atoms with Crippen LogP contribution in [-0.2, 0) is 9.47 Å². The first-order valence-electron chi connectivity index (χ1n) is 7.19. The Morgan fingerprint density at radius 3 is 2.30 bits per heavy atom. The molecule has 7 nitrogen and oxygen atoms in total. The average Bonchev–Trinajstić information content (AvgIpc) is 2.55. The van der Waals surface area contributed by atoms with Crippen LogP contribution in [0.15, 0.2) is 22.1 Å². The number of nitrogens with two attached hydrogens (primary N) is 1. The Hall–Kier alpha value is -2.12. The van der Waals surface area contributed by atoms with E-state index < -0.39 is 0 Å². The zero-order valence-corrected chi connectivity index (χ0v) is 14.3. The quantitative estimate of drug-likeness (QED) is 0.553. The van der Waals surface area contributed by atoms with Gasteiger partial charge in [0, 0.05) is 39.1 Å². The summed E-state index contributed by atoms with van der Waals surface area (Å²) in [6.07, 6.45) is 1.41. The minimum Gasteiger partial charge on any atom is -0.493 e. The third-order valence-corrected chi connectivity index (χ3v) is 3.07. The fraction of sp³-hybridized carbons (Fsp3) is 0.500. The molecule has 1 aromatic rings. The fourth-order valence-electron chi connectivity index (χ4n) is 2.04. The molecule has 0 aliphatic heterocycles. The van der Waals surface area contributed by atoms with Crippen LogP contribution in [0.4, 0.5) is 5.69 Å². The molecule has 128 valence electrons. The van der Waals surface area contributed by atoms with Crippen molar-refractivity contribution in [1.29, 1.82) is 0 Å². The van der Waals surface area contributed by atoms with Gasteiger partial charge in [0.2, 0.25) is 0 Å². The third kappa shape index (κ3) is 5.22. The number of ether oxygens (including phenoxy) is 4. The van der Waals surface area contributed by atoms with Crippen molar-refractivity contribution in [3.63, 3.8) is 0 Å². The summed E-state index contributed by atoms with van der Waals surface area (Å²) in [6, 6.07) is 3.53. The van der Waals surface area contributed by atoms with Crippen LogP contribution in [0, 0.1) is 0 Å². The van der Waals surface area contributed by atoms with Gasteiger partial charge in [-0.1, -0.05) is 0 Å². The molecular weight excluding hydrogens is 298 g/mol. The van der Waals surface area contributed by atoms with E-state index in [1.165, 1.54) is 0 Å². The molecule has 0 bridgehead atoms. The highest BCUT2D eigenvalue weighted by Crippen LogP contribution is 2.35. The summed E-state index contributed by atoms with van der Waals surface area (Å²) in [5.41, 5.74) is 7.30. The zero-order chi connectivity index (χ0) is 17.2. The van der Waals surface area contributed by atoms with Gasteiger partial charge in [-0.15, -0.1) is 0 Å². The van der Waals surface area contributed by atoms with E-state index in [4.69, 9.17) is 24.7 Å². The van der Waals surface area contributed by atoms with Crippen LogP contribution >= 0.6 is 0 Å². The summed E-state index contributed by atoms with van der Waals surface area (Å²) in [5, 5.41) is 0. The monoisotopic (exact) mass is 323 g/mol. The molecule has 7 heteroatoms. The number of rotatable bonds is 9. The molecule has 23 heavy (non-hydrogen) atoms. The maximum atomic E-state index is 5.96. The highest BCUT2D eigenvalue weighted by molar-refractivity contribution is 6.03. The predicted molar refractivity (Wildman–Crippen MR) is 91.6 cm³/mol. The zero-order valence-electron chi connectivity index (χ0n) is 14.3. The lowest BCUT2D eigenvalue weighted by Gasteiger charge is -2.20. The van der Waals surface area contributed by atoms with Crippen molar-refractivity contribution in [2.45, 2.75) is 13.0 Å². The van der Waals surface area contributed by atoms with Crippen molar-refractivity contribution < 1.29 is 18.9 Å². The van der Waals surface area contributed by atoms with E-state index in [0.29, 0.717) is 41.8 Å². The molecule has 2 N–H and O–H groups in total. The number of amidine groups is 1. The first-order chi connectivity index (χ1) is 11.1. The molecule has 1 rings (SSSR count). The minimum atomic E-state index is -0.271. The molecule has 0 radical (unpaired) electrons. The summed E-state index contributed by atoms with van der Waals surface area (Å²) in [7, 11) is 6.41. The maximum Gasteiger partial charge on any atom is 0.162 e. The van der Waals surface area contributed by atoms with Gasteiger partial charge < -0.3 is 24.7 Å². The van der Waals surface area contributed by atoms with Gasteiger partial charge in [-0.25, -0.2) is 0 Å². The Morgan fingerprint density at radius 2 is 1.83 bits per heavy atom. The van der Waals surface area contributed by atoms with Crippen LogP contribution in [0.1, 0.15) is 12.5 Å². The molecule has 0 heterocycles. The Bertz CT molecular complexity index is 553. The molecule has 0 saturated heterocycles. The van der Waals surface area contributed by atoms with E-state index in [0.717, 1.165) is 0 Å². The van der Waals surface area contributed by atoms with Crippen molar-refractivity contribution in [2.75, 3.05) is 41.6 Å². The molecule has 0 amide bonds. The summed E-state index contributed by atoms with van der Waals surface area (Å²) < 4.78 is 21.6. The molecule has 0 aromatic heterocycles. The summed E-state index contributed by atoms with van der Waals surface area (Å²) in [5.74, 6) is 1.45. The number of hydrogen-bond acceptors (Lipinski definition) is 6. The molecule has 0 atom stereocenters. The fourth-order valence-corrected chi connectivity index (χ4v) is 2.04. The van der Waals surface area contributed by atoms with Gasteiger partial charge in [-0.3, -0.25) is 9.98 Å². The number of nitrogens with zero attached hydrogens (tertiary/aromatic N) is 2. The van der Waals surface area contributed by atoms with E-state index in [2.05, 4.69) is 9.98 Å². The molecule has 0 aliphatic carbocycles. The van der Waals surface area contributed by atoms with Crippen LogP contribution in [-0.4, -0.2) is 59.7 Å². The number of hydrogen-bond donors (Lipinski definition) is 1. The second-order valence-electron chi connectivity index (χ2n) is 4.67. The largest absolute Gasteiger partial charge is 0.493 e. The number of aliphatic imine (C=N–C) groups is 2. The number of methoxy groups -OCH3 is 3. The van der Waals surface area contributed by atoms with Crippen LogP contribution in [0.25, 0.3) is 0 Å². The molecule has 0 aliphatic rings. The van der Waals surface area contributed by atoms with Gasteiger partial charge in [0.15, 0.2) is 11.5 Å². The molecule has 0 fully saturated rings. The Morgan fingerprint density at radius 1 is 1.17 bits per heavy atom. The Balaban J connectivity index is 3.29. The van der Waals surface area contributed by atoms with E-state index >= 15 is 0 Å². The standard InChI is InChI=1S/C16H25N3O4/c1-6-19-13-8-14(22-5)15(7-12(13)16(17)18-2)23-11(9-20-3)10-21-4/h6-8,11H,9-10H2,1-5H3,(H2,17,18). The molecular formula is C16H25N3O4. The van der Waals surface area contributed by atoms with Crippen LogP contribution in [0.3, 0.4) is 0 Å². The van der Waals surface area contributed by atoms with Crippen molar-refractivity contribution in [2.24, 2.45) is 15.7 Å². The van der Waals surface area contributed by atoms with Gasteiger partial charge in [-0.2, -0.15) is 0 Å². The Labute approximate surface area is 137 Å². The van der Waals surface area contributed by atoms with E-state index in [9.17, 15) is 0 Å². The highest BCUT2D eigenvalue weighted by Gasteiger charge is 2.18. The van der Waals surface area contributed by atoms with Crippen molar-refractivity contribution >= 4 is 17.7 Å². The lowest BCUT2D eigenvalue weighted by atomic mass is 10.1. The smallest absolute Gasteiger partial charge is 0.162 e. The van der Waals surface area contributed by atoms with Gasteiger partial charge >= 0.3 is 0 Å². The summed E-state index contributed by atoms with van der Waals surface area (Å²) >= 11 is 0. The summed E-state index contributed by atoms with van der Waals surface area (Å²) in [6.45, 7) is 2.60. The average molecular weight is 323 g/mol. The lowest BCUT2D eigenvalue weighted by Crippen LogP contribution is -2.28. The minimum absolute atomic E-state index is 0.271. The lowest BCUT2D eigenvalue weighted by molar-refractivity contribution is 0.0232. The molecule has 0 saturated carbocycles. The van der Waals surface area contributed by atoms with Gasteiger partial charge in [0.05, 0.1) is 26.0 Å². The van der Waals surface area contributed by atoms with Crippen LogP contribution in [0.5, 0.6) is 11.5 Å². The van der Waals surface area contributed by atoms with Gasteiger partial charge in [0.1, 0.15) is 11.9 Å².